The van der Waals surface area contributed by atoms with Crippen molar-refractivity contribution in [2.24, 2.45) is 11.8 Å². The number of aromatic nitrogens is 2. The Hall–Kier alpha value is -0.910. The van der Waals surface area contributed by atoms with Gasteiger partial charge in [-0.3, -0.25) is 9.58 Å². The van der Waals surface area contributed by atoms with Crippen molar-refractivity contribution in [3.05, 3.63) is 18.0 Å². The Labute approximate surface area is 120 Å². The Kier molecular flexibility index (Phi) is 4.70. The molecule has 0 N–H and O–H groups in total. The summed E-state index contributed by atoms with van der Waals surface area (Å²) in [5, 5.41) is 4.45. The van der Waals surface area contributed by atoms with E-state index in [0.717, 1.165) is 52.6 Å². The Morgan fingerprint density at radius 1 is 1.40 bits per heavy atom. The van der Waals surface area contributed by atoms with E-state index in [-0.39, 0.29) is 0 Å². The molecule has 0 aliphatic carbocycles. The highest BCUT2D eigenvalue weighted by Crippen LogP contribution is 2.20. The zero-order valence-electron chi connectivity index (χ0n) is 12.3. The second kappa shape index (κ2) is 6.70. The third-order valence-corrected chi connectivity index (χ3v) is 4.24. The molecule has 0 radical (unpaired) electrons. The third-order valence-electron chi connectivity index (χ3n) is 4.24. The molecule has 0 spiro atoms. The lowest BCUT2D eigenvalue weighted by atomic mass is 10.1. The monoisotopic (exact) mass is 279 g/mol. The van der Waals surface area contributed by atoms with E-state index in [1.54, 1.807) is 0 Å². The van der Waals surface area contributed by atoms with Gasteiger partial charge >= 0.3 is 0 Å². The molecule has 1 saturated heterocycles. The van der Waals surface area contributed by atoms with E-state index in [1.165, 1.54) is 12.1 Å². The summed E-state index contributed by atoms with van der Waals surface area (Å²) < 4.78 is 13.3. The first kappa shape index (κ1) is 14.0. The van der Waals surface area contributed by atoms with Crippen molar-refractivity contribution in [1.82, 2.24) is 14.7 Å². The van der Waals surface area contributed by atoms with Gasteiger partial charge in [-0.1, -0.05) is 0 Å². The van der Waals surface area contributed by atoms with Gasteiger partial charge in [-0.05, 0) is 25.3 Å². The van der Waals surface area contributed by atoms with Crippen LogP contribution in [0.2, 0.25) is 0 Å². The van der Waals surface area contributed by atoms with Crippen LogP contribution in [0.15, 0.2) is 12.3 Å². The molecule has 0 bridgehead atoms. The molecule has 5 nitrogen and oxygen atoms in total. The molecule has 0 aromatic carbocycles. The minimum atomic E-state index is 0.526. The molecule has 2 aliphatic heterocycles. The van der Waals surface area contributed by atoms with Crippen molar-refractivity contribution in [3.63, 3.8) is 0 Å². The third kappa shape index (κ3) is 3.40. The summed E-state index contributed by atoms with van der Waals surface area (Å²) in [7, 11) is 0. The van der Waals surface area contributed by atoms with Crippen LogP contribution in [-0.4, -0.2) is 54.2 Å². The van der Waals surface area contributed by atoms with Crippen LogP contribution in [0.3, 0.4) is 0 Å². The van der Waals surface area contributed by atoms with E-state index < -0.39 is 0 Å². The Bertz CT molecular complexity index is 415. The van der Waals surface area contributed by atoms with Crippen LogP contribution in [0.1, 0.15) is 19.0 Å². The topological polar surface area (TPSA) is 39.5 Å². The van der Waals surface area contributed by atoms with Crippen LogP contribution < -0.4 is 0 Å². The summed E-state index contributed by atoms with van der Waals surface area (Å²) in [5.74, 6) is 1.22. The molecule has 1 aromatic rings. The number of ether oxygens (including phenoxy) is 2. The fourth-order valence-corrected chi connectivity index (χ4v) is 3.24. The lowest BCUT2D eigenvalue weighted by molar-refractivity contribution is 0.0807. The molecule has 1 aromatic heterocycles. The van der Waals surface area contributed by atoms with Crippen LogP contribution in [0.5, 0.6) is 0 Å². The molecule has 2 atom stereocenters. The molecular weight excluding hydrogens is 254 g/mol. The highest BCUT2D eigenvalue weighted by atomic mass is 16.5. The van der Waals surface area contributed by atoms with E-state index in [4.69, 9.17) is 9.47 Å². The summed E-state index contributed by atoms with van der Waals surface area (Å²) in [6.07, 6.45) is 3.11. The van der Waals surface area contributed by atoms with E-state index in [0.29, 0.717) is 11.8 Å². The SMILES string of the molecule is CCOC[C@@H]1CN(C[C@H]2CCOC2)Cc2ccnn2C1. The van der Waals surface area contributed by atoms with Gasteiger partial charge in [-0.15, -0.1) is 0 Å². The maximum Gasteiger partial charge on any atom is 0.0524 e. The van der Waals surface area contributed by atoms with E-state index >= 15 is 0 Å². The van der Waals surface area contributed by atoms with Gasteiger partial charge < -0.3 is 9.47 Å². The molecule has 3 rings (SSSR count). The molecule has 0 unspecified atom stereocenters. The lowest BCUT2D eigenvalue weighted by Crippen LogP contribution is -2.34. The maximum atomic E-state index is 5.65. The van der Waals surface area contributed by atoms with Crippen molar-refractivity contribution in [3.8, 4) is 0 Å². The first-order chi connectivity index (χ1) is 9.85. The Morgan fingerprint density at radius 2 is 2.35 bits per heavy atom. The summed E-state index contributed by atoms with van der Waals surface area (Å²) >= 11 is 0. The van der Waals surface area contributed by atoms with E-state index in [1.807, 2.05) is 6.20 Å². The summed E-state index contributed by atoms with van der Waals surface area (Å²) in [6, 6.07) is 2.14. The van der Waals surface area contributed by atoms with Gasteiger partial charge in [-0.25, -0.2) is 0 Å². The predicted molar refractivity (Wildman–Crippen MR) is 76.4 cm³/mol. The highest BCUT2D eigenvalue weighted by Gasteiger charge is 2.25. The molecule has 2 aliphatic rings. The van der Waals surface area contributed by atoms with Gasteiger partial charge in [0.05, 0.1) is 18.9 Å². The van der Waals surface area contributed by atoms with E-state index in [9.17, 15) is 0 Å². The summed E-state index contributed by atoms with van der Waals surface area (Å²) in [6.45, 7) is 9.73. The summed E-state index contributed by atoms with van der Waals surface area (Å²) in [5.41, 5.74) is 1.32. The van der Waals surface area contributed by atoms with Crippen LogP contribution >= 0.6 is 0 Å². The quantitative estimate of drug-likeness (QED) is 0.816. The predicted octanol–water partition coefficient (Wildman–Crippen LogP) is 1.39. The number of fused-ring (bicyclic) bond motifs is 1. The highest BCUT2D eigenvalue weighted by molar-refractivity contribution is 5.02. The molecule has 0 amide bonds. The molecular formula is C15H25N3O2. The Balaban J connectivity index is 1.66. The lowest BCUT2D eigenvalue weighted by Gasteiger charge is -2.25. The van der Waals surface area contributed by atoms with Crippen LogP contribution in [0.4, 0.5) is 0 Å². The zero-order valence-corrected chi connectivity index (χ0v) is 12.3. The van der Waals surface area contributed by atoms with Gasteiger partial charge in [0, 0.05) is 51.5 Å². The molecule has 112 valence electrons. The van der Waals surface area contributed by atoms with Crippen LogP contribution in [-0.2, 0) is 22.6 Å². The second-order valence-corrected chi connectivity index (χ2v) is 5.95. The average molecular weight is 279 g/mol. The normalized spacial score (nSPS) is 27.4. The minimum Gasteiger partial charge on any atom is -0.381 e. The van der Waals surface area contributed by atoms with Crippen LogP contribution in [0.25, 0.3) is 0 Å². The second-order valence-electron chi connectivity index (χ2n) is 5.95. The van der Waals surface area contributed by atoms with Crippen molar-refractivity contribution in [2.45, 2.75) is 26.4 Å². The molecule has 5 heteroatoms. The van der Waals surface area contributed by atoms with Gasteiger partial charge in [0.2, 0.25) is 0 Å². The largest absolute Gasteiger partial charge is 0.381 e. The standard InChI is InChI=1S/C15H25N3O2/c1-2-19-12-14-8-17(7-13-4-6-20-11-13)10-15-3-5-16-18(15)9-14/h3,5,13-14H,2,4,6-12H2,1H3/t13-,14-/m1/s1. The number of nitrogens with zero attached hydrogens (tertiary/aromatic N) is 3. The first-order valence-corrected chi connectivity index (χ1v) is 7.73. The van der Waals surface area contributed by atoms with Gasteiger partial charge in [0.1, 0.15) is 0 Å². The van der Waals surface area contributed by atoms with Gasteiger partial charge in [0.15, 0.2) is 0 Å². The molecule has 3 heterocycles. The smallest absolute Gasteiger partial charge is 0.0524 e. The van der Waals surface area contributed by atoms with Crippen molar-refractivity contribution >= 4 is 0 Å². The average Bonchev–Trinajstić information content (AvgIpc) is 3.06. The van der Waals surface area contributed by atoms with Crippen LogP contribution in [0, 0.1) is 11.8 Å². The molecule has 20 heavy (non-hydrogen) atoms. The summed E-state index contributed by atoms with van der Waals surface area (Å²) in [4.78, 5) is 2.56. The minimum absolute atomic E-state index is 0.526. The molecule has 1 fully saturated rings. The van der Waals surface area contributed by atoms with Gasteiger partial charge in [0.25, 0.3) is 0 Å². The van der Waals surface area contributed by atoms with Gasteiger partial charge in [-0.2, -0.15) is 5.10 Å². The number of hydrogen-bond acceptors (Lipinski definition) is 4. The fraction of sp³-hybridized carbons (Fsp3) is 0.800. The maximum absolute atomic E-state index is 5.65. The van der Waals surface area contributed by atoms with E-state index in [2.05, 4.69) is 27.7 Å². The fourth-order valence-electron chi connectivity index (χ4n) is 3.24. The van der Waals surface area contributed by atoms with Crippen molar-refractivity contribution in [2.75, 3.05) is 39.5 Å². The molecule has 0 saturated carbocycles. The number of hydrogen-bond donors (Lipinski definition) is 0. The number of rotatable bonds is 5. The first-order valence-electron chi connectivity index (χ1n) is 7.73. The zero-order chi connectivity index (χ0) is 13.8. The Morgan fingerprint density at radius 3 is 3.15 bits per heavy atom. The van der Waals surface area contributed by atoms with Crippen molar-refractivity contribution in [1.29, 1.82) is 0 Å². The van der Waals surface area contributed by atoms with Crippen molar-refractivity contribution < 1.29 is 9.47 Å².